The highest BCUT2D eigenvalue weighted by Gasteiger charge is 2.08. The molecule has 0 fully saturated rings. The second kappa shape index (κ2) is 7.02. The van der Waals surface area contributed by atoms with Gasteiger partial charge in [0.05, 0.1) is 11.4 Å². The van der Waals surface area contributed by atoms with Crippen molar-refractivity contribution in [2.24, 2.45) is 13.0 Å². The maximum atomic E-state index is 6.23. The quantitative estimate of drug-likeness (QED) is 0.762. The molecular weight excluding hydrogens is 234 g/mol. The SMILES string of the molecule is CCc1cc(CNCC(Cl)CC(C)C)n(C)n1. The number of hydrogen-bond donors (Lipinski definition) is 1. The Morgan fingerprint density at radius 1 is 1.47 bits per heavy atom. The molecule has 0 spiro atoms. The van der Waals surface area contributed by atoms with Gasteiger partial charge in [0.1, 0.15) is 0 Å². The Labute approximate surface area is 110 Å². The van der Waals surface area contributed by atoms with Crippen LogP contribution in [0.5, 0.6) is 0 Å². The topological polar surface area (TPSA) is 29.9 Å². The van der Waals surface area contributed by atoms with Gasteiger partial charge in [0.2, 0.25) is 0 Å². The fourth-order valence-electron chi connectivity index (χ4n) is 1.86. The maximum Gasteiger partial charge on any atom is 0.0625 e. The highest BCUT2D eigenvalue weighted by Crippen LogP contribution is 2.10. The fraction of sp³-hybridized carbons (Fsp3) is 0.769. The lowest BCUT2D eigenvalue weighted by molar-refractivity contribution is 0.526. The molecule has 3 nitrogen and oxygen atoms in total. The van der Waals surface area contributed by atoms with E-state index in [4.69, 9.17) is 11.6 Å². The highest BCUT2D eigenvalue weighted by molar-refractivity contribution is 6.20. The smallest absolute Gasteiger partial charge is 0.0625 e. The van der Waals surface area contributed by atoms with Gasteiger partial charge in [0, 0.05) is 25.5 Å². The number of aryl methyl sites for hydroxylation is 2. The Morgan fingerprint density at radius 3 is 2.71 bits per heavy atom. The molecule has 1 unspecified atom stereocenters. The van der Waals surface area contributed by atoms with Gasteiger partial charge in [-0.3, -0.25) is 4.68 Å². The second-order valence-corrected chi connectivity index (χ2v) is 5.58. The van der Waals surface area contributed by atoms with Crippen molar-refractivity contribution in [1.82, 2.24) is 15.1 Å². The monoisotopic (exact) mass is 257 g/mol. The normalized spacial score (nSPS) is 13.3. The molecule has 0 aliphatic rings. The molecule has 0 aromatic carbocycles. The van der Waals surface area contributed by atoms with Crippen LogP contribution >= 0.6 is 11.6 Å². The third-order valence-electron chi connectivity index (χ3n) is 2.79. The van der Waals surface area contributed by atoms with Crippen LogP contribution in [-0.2, 0) is 20.0 Å². The van der Waals surface area contributed by atoms with Gasteiger partial charge in [-0.05, 0) is 24.8 Å². The molecule has 1 heterocycles. The number of nitrogens with one attached hydrogen (secondary N) is 1. The molecule has 1 atom stereocenters. The van der Waals surface area contributed by atoms with E-state index >= 15 is 0 Å². The molecule has 1 aromatic rings. The van der Waals surface area contributed by atoms with E-state index in [1.165, 1.54) is 5.69 Å². The van der Waals surface area contributed by atoms with E-state index in [2.05, 4.69) is 37.3 Å². The van der Waals surface area contributed by atoms with Crippen LogP contribution in [0.1, 0.15) is 38.6 Å². The van der Waals surface area contributed by atoms with Gasteiger partial charge in [-0.15, -0.1) is 11.6 Å². The molecule has 4 heteroatoms. The average molecular weight is 258 g/mol. The third kappa shape index (κ3) is 5.09. The van der Waals surface area contributed by atoms with Crippen molar-refractivity contribution in [3.63, 3.8) is 0 Å². The van der Waals surface area contributed by atoms with Crippen LogP contribution < -0.4 is 5.32 Å². The van der Waals surface area contributed by atoms with Gasteiger partial charge < -0.3 is 5.32 Å². The number of hydrogen-bond acceptors (Lipinski definition) is 2. The predicted octanol–water partition coefficient (Wildman–Crippen LogP) is 2.73. The second-order valence-electron chi connectivity index (χ2n) is 4.96. The average Bonchev–Trinajstić information content (AvgIpc) is 2.58. The molecule has 0 amide bonds. The molecule has 1 N–H and O–H groups in total. The van der Waals surface area contributed by atoms with Crippen molar-refractivity contribution in [1.29, 1.82) is 0 Å². The summed E-state index contributed by atoms with van der Waals surface area (Å²) in [6, 6.07) is 2.15. The minimum atomic E-state index is 0.217. The zero-order valence-corrected chi connectivity index (χ0v) is 12.1. The van der Waals surface area contributed by atoms with Crippen LogP contribution in [0.3, 0.4) is 0 Å². The Hall–Kier alpha value is -0.540. The summed E-state index contributed by atoms with van der Waals surface area (Å²) in [5, 5.41) is 8.03. The summed E-state index contributed by atoms with van der Waals surface area (Å²) in [5.41, 5.74) is 2.36. The Kier molecular flexibility index (Phi) is 6.00. The van der Waals surface area contributed by atoms with Crippen LogP contribution in [-0.4, -0.2) is 21.7 Å². The first-order valence-corrected chi connectivity index (χ1v) is 6.83. The Balaban J connectivity index is 2.32. The number of alkyl halides is 1. The number of rotatable bonds is 7. The van der Waals surface area contributed by atoms with Gasteiger partial charge in [0.25, 0.3) is 0 Å². The van der Waals surface area contributed by atoms with Gasteiger partial charge in [-0.25, -0.2) is 0 Å². The summed E-state index contributed by atoms with van der Waals surface area (Å²) in [4.78, 5) is 0. The minimum absolute atomic E-state index is 0.217. The van der Waals surface area contributed by atoms with E-state index < -0.39 is 0 Å². The van der Waals surface area contributed by atoms with Gasteiger partial charge >= 0.3 is 0 Å². The molecule has 0 aliphatic carbocycles. The molecule has 0 aliphatic heterocycles. The molecule has 98 valence electrons. The minimum Gasteiger partial charge on any atom is -0.310 e. The first-order chi connectivity index (χ1) is 8.02. The van der Waals surface area contributed by atoms with Crippen molar-refractivity contribution in [3.05, 3.63) is 17.5 Å². The molecule has 0 radical (unpaired) electrons. The number of halogens is 1. The summed E-state index contributed by atoms with van der Waals surface area (Å²) < 4.78 is 1.94. The van der Waals surface area contributed by atoms with Crippen LogP contribution in [0, 0.1) is 5.92 Å². The van der Waals surface area contributed by atoms with E-state index in [0.717, 1.165) is 31.6 Å². The van der Waals surface area contributed by atoms with E-state index in [9.17, 15) is 0 Å². The van der Waals surface area contributed by atoms with E-state index in [0.29, 0.717) is 5.92 Å². The van der Waals surface area contributed by atoms with E-state index in [-0.39, 0.29) is 5.38 Å². The molecule has 0 saturated carbocycles. The predicted molar refractivity (Wildman–Crippen MR) is 73.4 cm³/mol. The van der Waals surface area contributed by atoms with Gasteiger partial charge in [0.15, 0.2) is 0 Å². The lowest BCUT2D eigenvalue weighted by Gasteiger charge is -2.12. The molecule has 0 bridgehead atoms. The molecule has 1 aromatic heterocycles. The van der Waals surface area contributed by atoms with Crippen molar-refractivity contribution >= 4 is 11.6 Å². The van der Waals surface area contributed by atoms with Gasteiger partial charge in [-0.2, -0.15) is 5.10 Å². The van der Waals surface area contributed by atoms with Gasteiger partial charge in [-0.1, -0.05) is 20.8 Å². The van der Waals surface area contributed by atoms with Crippen LogP contribution in [0.4, 0.5) is 0 Å². The largest absolute Gasteiger partial charge is 0.310 e. The summed E-state index contributed by atoms with van der Waals surface area (Å²) in [6.45, 7) is 8.21. The van der Waals surface area contributed by atoms with E-state index in [1.54, 1.807) is 0 Å². The van der Waals surface area contributed by atoms with Crippen molar-refractivity contribution in [2.75, 3.05) is 6.54 Å². The maximum absolute atomic E-state index is 6.23. The van der Waals surface area contributed by atoms with Crippen LogP contribution in [0.25, 0.3) is 0 Å². The van der Waals surface area contributed by atoms with Crippen LogP contribution in [0.15, 0.2) is 6.07 Å². The number of aromatic nitrogens is 2. The van der Waals surface area contributed by atoms with Crippen LogP contribution in [0.2, 0.25) is 0 Å². The first kappa shape index (κ1) is 14.5. The van der Waals surface area contributed by atoms with Crippen molar-refractivity contribution < 1.29 is 0 Å². The molecule has 1 rings (SSSR count). The summed E-state index contributed by atoms with van der Waals surface area (Å²) in [7, 11) is 1.99. The summed E-state index contributed by atoms with van der Waals surface area (Å²) in [6.07, 6.45) is 2.04. The highest BCUT2D eigenvalue weighted by atomic mass is 35.5. The molecule has 0 saturated heterocycles. The fourth-order valence-corrected chi connectivity index (χ4v) is 2.33. The Morgan fingerprint density at radius 2 is 2.18 bits per heavy atom. The van der Waals surface area contributed by atoms with E-state index in [1.807, 2.05) is 11.7 Å². The van der Waals surface area contributed by atoms with Crippen molar-refractivity contribution in [3.8, 4) is 0 Å². The number of nitrogens with zero attached hydrogens (tertiary/aromatic N) is 2. The molecule has 17 heavy (non-hydrogen) atoms. The third-order valence-corrected chi connectivity index (χ3v) is 3.12. The lowest BCUT2D eigenvalue weighted by Crippen LogP contribution is -2.24. The Bertz CT molecular complexity index is 333. The zero-order chi connectivity index (χ0) is 12.8. The first-order valence-electron chi connectivity index (χ1n) is 6.39. The van der Waals surface area contributed by atoms with Crippen molar-refractivity contribution in [2.45, 2.75) is 45.5 Å². The summed E-state index contributed by atoms with van der Waals surface area (Å²) in [5.74, 6) is 0.655. The lowest BCUT2D eigenvalue weighted by atomic mass is 10.1. The zero-order valence-electron chi connectivity index (χ0n) is 11.3. The summed E-state index contributed by atoms with van der Waals surface area (Å²) >= 11 is 6.23. The standard InChI is InChI=1S/C13H24ClN3/c1-5-12-7-13(17(4)16-12)9-15-8-11(14)6-10(2)3/h7,10-11,15H,5-6,8-9H2,1-4H3. The molecular formula is C13H24ClN3.